The highest BCUT2D eigenvalue weighted by Crippen LogP contribution is 2.21. The number of nitrogens with zero attached hydrogens (tertiary/aromatic N) is 1. The fraction of sp³-hybridized carbons (Fsp3) is 0.588. The van der Waals surface area contributed by atoms with Crippen LogP contribution in [0.5, 0.6) is 0 Å². The second-order valence-corrected chi connectivity index (χ2v) is 6.54. The van der Waals surface area contributed by atoms with Crippen molar-refractivity contribution in [3.05, 3.63) is 35.4 Å². The van der Waals surface area contributed by atoms with Crippen LogP contribution in [0, 0.1) is 12.8 Å². The van der Waals surface area contributed by atoms with E-state index >= 15 is 0 Å². The Kier molecular flexibility index (Phi) is 4.48. The fourth-order valence-corrected chi connectivity index (χ4v) is 2.51. The number of aryl methyl sites for hydroxylation is 1. The molecule has 3 heteroatoms. The van der Waals surface area contributed by atoms with Gasteiger partial charge in [0.1, 0.15) is 0 Å². The smallest absolute Gasteiger partial charge is 0.224 e. The Bertz CT molecular complexity index is 460. The Balaban J connectivity index is 1.95. The fourth-order valence-electron chi connectivity index (χ4n) is 2.51. The SMILES string of the molecule is Cc1ccc(C(C)(C)NC(=O)[C@H](C)CN2CCC2)cc1. The summed E-state index contributed by atoms with van der Waals surface area (Å²) in [5.41, 5.74) is 2.06. The van der Waals surface area contributed by atoms with Crippen molar-refractivity contribution in [1.82, 2.24) is 10.2 Å². The number of hydrogen-bond donors (Lipinski definition) is 1. The van der Waals surface area contributed by atoms with E-state index in [-0.39, 0.29) is 17.4 Å². The van der Waals surface area contributed by atoms with Crippen LogP contribution in [0.4, 0.5) is 0 Å². The van der Waals surface area contributed by atoms with Gasteiger partial charge in [0.2, 0.25) is 5.91 Å². The van der Waals surface area contributed by atoms with Crippen LogP contribution in [0.1, 0.15) is 38.3 Å². The van der Waals surface area contributed by atoms with E-state index in [9.17, 15) is 4.79 Å². The Morgan fingerprint density at radius 3 is 2.40 bits per heavy atom. The minimum absolute atomic E-state index is 0.0417. The lowest BCUT2D eigenvalue weighted by Gasteiger charge is -2.34. The highest BCUT2D eigenvalue weighted by atomic mass is 16.2. The van der Waals surface area contributed by atoms with Gasteiger partial charge in [-0.05, 0) is 45.8 Å². The highest BCUT2D eigenvalue weighted by Gasteiger charge is 2.27. The number of carbonyl (C=O) groups is 1. The number of amides is 1. The average Bonchev–Trinajstić information content (AvgIpc) is 2.33. The zero-order chi connectivity index (χ0) is 14.8. The molecule has 20 heavy (non-hydrogen) atoms. The lowest BCUT2D eigenvalue weighted by Crippen LogP contribution is -2.48. The van der Waals surface area contributed by atoms with E-state index in [1.165, 1.54) is 12.0 Å². The molecular weight excluding hydrogens is 248 g/mol. The van der Waals surface area contributed by atoms with E-state index in [0.717, 1.165) is 25.2 Å². The topological polar surface area (TPSA) is 32.3 Å². The molecule has 1 aliphatic heterocycles. The average molecular weight is 274 g/mol. The normalized spacial score (nSPS) is 17.4. The molecule has 0 saturated carbocycles. The van der Waals surface area contributed by atoms with Crippen LogP contribution in [0.2, 0.25) is 0 Å². The molecule has 1 fully saturated rings. The zero-order valence-electron chi connectivity index (χ0n) is 13.1. The first-order valence-electron chi connectivity index (χ1n) is 7.50. The van der Waals surface area contributed by atoms with Gasteiger partial charge >= 0.3 is 0 Å². The largest absolute Gasteiger partial charge is 0.347 e. The summed E-state index contributed by atoms with van der Waals surface area (Å²) in [6, 6.07) is 8.37. The van der Waals surface area contributed by atoms with E-state index in [0.29, 0.717) is 0 Å². The number of rotatable bonds is 5. The molecule has 0 unspecified atom stereocenters. The molecule has 0 aromatic heterocycles. The molecule has 0 bridgehead atoms. The molecule has 0 aliphatic carbocycles. The minimum atomic E-state index is -0.325. The summed E-state index contributed by atoms with van der Waals surface area (Å²) in [5.74, 6) is 0.183. The van der Waals surface area contributed by atoms with Gasteiger partial charge < -0.3 is 10.2 Å². The molecule has 1 aromatic carbocycles. The monoisotopic (exact) mass is 274 g/mol. The van der Waals surface area contributed by atoms with E-state index < -0.39 is 0 Å². The minimum Gasteiger partial charge on any atom is -0.347 e. The summed E-state index contributed by atoms with van der Waals surface area (Å²) >= 11 is 0. The molecule has 1 saturated heterocycles. The van der Waals surface area contributed by atoms with Crippen LogP contribution in [0.25, 0.3) is 0 Å². The molecule has 1 amide bonds. The van der Waals surface area contributed by atoms with Crippen LogP contribution >= 0.6 is 0 Å². The second kappa shape index (κ2) is 5.96. The Morgan fingerprint density at radius 1 is 1.30 bits per heavy atom. The standard InChI is InChI=1S/C17H26N2O/c1-13-6-8-15(9-7-13)17(3,4)18-16(20)14(2)12-19-10-5-11-19/h6-9,14H,5,10-12H2,1-4H3,(H,18,20)/t14-/m1/s1. The van der Waals surface area contributed by atoms with Crippen molar-refractivity contribution in [3.63, 3.8) is 0 Å². The van der Waals surface area contributed by atoms with E-state index in [2.05, 4.69) is 55.3 Å². The van der Waals surface area contributed by atoms with Gasteiger partial charge in [0.15, 0.2) is 0 Å². The molecule has 1 aliphatic rings. The van der Waals surface area contributed by atoms with Crippen molar-refractivity contribution in [2.24, 2.45) is 5.92 Å². The molecule has 1 aromatic rings. The number of benzene rings is 1. The van der Waals surface area contributed by atoms with Gasteiger partial charge in [-0.15, -0.1) is 0 Å². The van der Waals surface area contributed by atoms with Crippen LogP contribution in [-0.2, 0) is 10.3 Å². The molecular formula is C17H26N2O. The number of likely N-dealkylation sites (tertiary alicyclic amines) is 1. The third-order valence-electron chi connectivity index (χ3n) is 4.14. The van der Waals surface area contributed by atoms with Crippen molar-refractivity contribution < 1.29 is 4.79 Å². The molecule has 1 atom stereocenters. The second-order valence-electron chi connectivity index (χ2n) is 6.54. The van der Waals surface area contributed by atoms with Crippen molar-refractivity contribution in [1.29, 1.82) is 0 Å². The maximum atomic E-state index is 12.3. The number of hydrogen-bond acceptors (Lipinski definition) is 2. The Labute approximate surface area is 122 Å². The third-order valence-corrected chi connectivity index (χ3v) is 4.14. The maximum Gasteiger partial charge on any atom is 0.224 e. The van der Waals surface area contributed by atoms with Crippen LogP contribution < -0.4 is 5.32 Å². The Hall–Kier alpha value is -1.35. The van der Waals surface area contributed by atoms with Gasteiger partial charge in [0, 0.05) is 12.5 Å². The predicted octanol–water partition coefficient (Wildman–Crippen LogP) is 2.69. The third kappa shape index (κ3) is 3.60. The zero-order valence-corrected chi connectivity index (χ0v) is 13.1. The van der Waals surface area contributed by atoms with Crippen molar-refractivity contribution in [2.75, 3.05) is 19.6 Å². The lowest BCUT2D eigenvalue weighted by atomic mass is 9.92. The quantitative estimate of drug-likeness (QED) is 0.895. The number of carbonyl (C=O) groups excluding carboxylic acids is 1. The highest BCUT2D eigenvalue weighted by molar-refractivity contribution is 5.79. The van der Waals surface area contributed by atoms with Crippen LogP contribution in [0.15, 0.2) is 24.3 Å². The molecule has 1 N–H and O–H groups in total. The van der Waals surface area contributed by atoms with Crippen LogP contribution in [0.3, 0.4) is 0 Å². The predicted molar refractivity (Wildman–Crippen MR) is 82.6 cm³/mol. The molecule has 0 spiro atoms. The van der Waals surface area contributed by atoms with E-state index in [1.54, 1.807) is 0 Å². The molecule has 3 nitrogen and oxygen atoms in total. The molecule has 0 radical (unpaired) electrons. The molecule has 1 heterocycles. The lowest BCUT2D eigenvalue weighted by molar-refractivity contribution is -0.127. The summed E-state index contributed by atoms with van der Waals surface area (Å²) in [6.07, 6.45) is 1.27. The Morgan fingerprint density at radius 2 is 1.90 bits per heavy atom. The van der Waals surface area contributed by atoms with Gasteiger partial charge in [-0.25, -0.2) is 0 Å². The summed E-state index contributed by atoms with van der Waals surface area (Å²) in [6.45, 7) is 11.4. The van der Waals surface area contributed by atoms with Gasteiger partial charge in [0.05, 0.1) is 5.54 Å². The van der Waals surface area contributed by atoms with E-state index in [4.69, 9.17) is 0 Å². The first-order valence-corrected chi connectivity index (χ1v) is 7.50. The maximum absolute atomic E-state index is 12.3. The molecule has 2 rings (SSSR count). The summed E-state index contributed by atoms with van der Waals surface area (Å²) < 4.78 is 0. The van der Waals surface area contributed by atoms with Gasteiger partial charge in [0.25, 0.3) is 0 Å². The summed E-state index contributed by atoms with van der Waals surface area (Å²) in [7, 11) is 0. The van der Waals surface area contributed by atoms with E-state index in [1.807, 2.05) is 6.92 Å². The van der Waals surface area contributed by atoms with Gasteiger partial charge in [-0.1, -0.05) is 36.8 Å². The number of nitrogens with one attached hydrogen (secondary N) is 1. The first kappa shape index (κ1) is 15.0. The summed E-state index contributed by atoms with van der Waals surface area (Å²) in [5, 5.41) is 3.18. The van der Waals surface area contributed by atoms with Crippen molar-refractivity contribution in [3.8, 4) is 0 Å². The van der Waals surface area contributed by atoms with Crippen LogP contribution in [-0.4, -0.2) is 30.4 Å². The summed E-state index contributed by atoms with van der Waals surface area (Å²) in [4.78, 5) is 14.7. The van der Waals surface area contributed by atoms with Crippen molar-refractivity contribution in [2.45, 2.75) is 39.7 Å². The van der Waals surface area contributed by atoms with Gasteiger partial charge in [-0.2, -0.15) is 0 Å². The van der Waals surface area contributed by atoms with Crippen molar-refractivity contribution >= 4 is 5.91 Å². The molecule has 110 valence electrons. The van der Waals surface area contributed by atoms with Gasteiger partial charge in [-0.3, -0.25) is 4.79 Å². The first-order chi connectivity index (χ1) is 9.38.